The Hall–Kier alpha value is -1.44. The van der Waals surface area contributed by atoms with Gasteiger partial charge in [-0.1, -0.05) is 5.21 Å². The maximum Gasteiger partial charge on any atom is 0.284 e. The zero-order valence-corrected chi connectivity index (χ0v) is 9.45. The van der Waals surface area contributed by atoms with Crippen LogP contribution < -0.4 is 4.72 Å². The average molecular weight is 232 g/mol. The summed E-state index contributed by atoms with van der Waals surface area (Å²) in [5.74, 6) is -0.726. The van der Waals surface area contributed by atoms with Crippen LogP contribution in [0.5, 0.6) is 0 Å². The smallest absolute Gasteiger partial charge is 0.266 e. The lowest BCUT2D eigenvalue weighted by atomic mass is 10.5. The number of sulfonamides is 1. The van der Waals surface area contributed by atoms with Crippen LogP contribution in [0.1, 0.15) is 24.3 Å². The summed E-state index contributed by atoms with van der Waals surface area (Å²) < 4.78 is 25.9. The van der Waals surface area contributed by atoms with Crippen LogP contribution >= 0.6 is 0 Å². The lowest BCUT2D eigenvalue weighted by Crippen LogP contribution is -2.36. The molecule has 0 spiro atoms. The molecule has 0 aromatic carbocycles. The standard InChI is InChI=1S/C7H12N4O3S/c1-5(2)15(13,14)9-7(12)6-4-8-10-11(6)3/h4-5H,1-3H3,(H,9,12). The van der Waals surface area contributed by atoms with Crippen LogP contribution in [0.25, 0.3) is 0 Å². The number of amides is 1. The molecule has 0 aliphatic heterocycles. The Kier molecular flexibility index (Phi) is 3.08. The van der Waals surface area contributed by atoms with Gasteiger partial charge in [-0.15, -0.1) is 5.10 Å². The fourth-order valence-electron chi connectivity index (χ4n) is 0.795. The van der Waals surface area contributed by atoms with Crippen molar-refractivity contribution in [2.24, 2.45) is 7.05 Å². The van der Waals surface area contributed by atoms with Crippen molar-refractivity contribution >= 4 is 15.9 Å². The molecule has 0 radical (unpaired) electrons. The topological polar surface area (TPSA) is 93.9 Å². The predicted octanol–water partition coefficient (Wildman–Crippen LogP) is -0.717. The van der Waals surface area contributed by atoms with Gasteiger partial charge in [0.15, 0.2) is 0 Å². The van der Waals surface area contributed by atoms with Crippen LogP contribution in [0.15, 0.2) is 6.20 Å². The average Bonchev–Trinajstić information content (AvgIpc) is 2.50. The number of carbonyl (C=O) groups is 1. The van der Waals surface area contributed by atoms with Crippen molar-refractivity contribution in [1.29, 1.82) is 0 Å². The second-order valence-electron chi connectivity index (χ2n) is 3.27. The summed E-state index contributed by atoms with van der Waals surface area (Å²) in [6.07, 6.45) is 1.20. The van der Waals surface area contributed by atoms with Gasteiger partial charge in [-0.05, 0) is 13.8 Å². The summed E-state index contributed by atoms with van der Waals surface area (Å²) in [5.41, 5.74) is 0.0965. The Morgan fingerprint density at radius 1 is 1.53 bits per heavy atom. The summed E-state index contributed by atoms with van der Waals surface area (Å²) in [6.45, 7) is 2.97. The van der Waals surface area contributed by atoms with Gasteiger partial charge in [0.2, 0.25) is 10.0 Å². The molecule has 0 fully saturated rings. The second-order valence-corrected chi connectivity index (χ2v) is 5.50. The molecule has 15 heavy (non-hydrogen) atoms. The highest BCUT2D eigenvalue weighted by Gasteiger charge is 2.21. The van der Waals surface area contributed by atoms with Crippen molar-refractivity contribution in [2.45, 2.75) is 19.1 Å². The van der Waals surface area contributed by atoms with Gasteiger partial charge in [0.25, 0.3) is 5.91 Å². The third-order valence-corrected chi connectivity index (χ3v) is 3.51. The molecule has 0 bridgehead atoms. The minimum atomic E-state index is -3.61. The SMILES string of the molecule is CC(C)S(=O)(=O)NC(=O)c1cnnn1C. The number of hydrogen-bond acceptors (Lipinski definition) is 5. The van der Waals surface area contributed by atoms with Crippen molar-refractivity contribution in [1.82, 2.24) is 19.7 Å². The number of rotatable bonds is 3. The van der Waals surface area contributed by atoms with E-state index in [9.17, 15) is 13.2 Å². The molecular formula is C7H12N4O3S. The third-order valence-electron chi connectivity index (χ3n) is 1.80. The Morgan fingerprint density at radius 2 is 2.13 bits per heavy atom. The summed E-state index contributed by atoms with van der Waals surface area (Å²) in [7, 11) is -2.10. The van der Waals surface area contributed by atoms with Crippen LogP contribution in [-0.2, 0) is 17.1 Å². The van der Waals surface area contributed by atoms with E-state index in [0.29, 0.717) is 0 Å². The highest BCUT2D eigenvalue weighted by Crippen LogP contribution is 1.99. The monoisotopic (exact) mass is 232 g/mol. The van der Waals surface area contributed by atoms with E-state index in [1.54, 1.807) is 0 Å². The summed E-state index contributed by atoms with van der Waals surface area (Å²) in [6, 6.07) is 0. The molecule has 0 aliphatic rings. The molecule has 8 heteroatoms. The van der Waals surface area contributed by atoms with Gasteiger partial charge >= 0.3 is 0 Å². The van der Waals surface area contributed by atoms with Gasteiger partial charge in [0.05, 0.1) is 11.4 Å². The number of carbonyl (C=O) groups excluding carboxylic acids is 1. The Bertz CT molecular complexity index is 462. The first-order chi connectivity index (χ1) is 6.84. The quantitative estimate of drug-likeness (QED) is 0.742. The lowest BCUT2D eigenvalue weighted by Gasteiger charge is -2.08. The van der Waals surface area contributed by atoms with Crippen LogP contribution in [-0.4, -0.2) is 34.6 Å². The predicted molar refractivity (Wildman–Crippen MR) is 52.5 cm³/mol. The van der Waals surface area contributed by atoms with Crippen molar-refractivity contribution < 1.29 is 13.2 Å². The van der Waals surface area contributed by atoms with Gasteiger partial charge < -0.3 is 0 Å². The normalized spacial score (nSPS) is 11.7. The molecule has 0 saturated carbocycles. The molecule has 0 aliphatic carbocycles. The first kappa shape index (κ1) is 11.6. The fourth-order valence-corrected chi connectivity index (χ4v) is 1.39. The highest BCUT2D eigenvalue weighted by molar-refractivity contribution is 7.90. The molecular weight excluding hydrogens is 220 g/mol. The molecule has 1 N–H and O–H groups in total. The first-order valence-corrected chi connectivity index (χ1v) is 5.80. The molecule has 0 saturated heterocycles. The van der Waals surface area contributed by atoms with E-state index < -0.39 is 21.2 Å². The molecule has 1 aromatic heterocycles. The number of aryl methyl sites for hydroxylation is 1. The Morgan fingerprint density at radius 3 is 2.53 bits per heavy atom. The zero-order chi connectivity index (χ0) is 11.6. The van der Waals surface area contributed by atoms with Gasteiger partial charge in [0.1, 0.15) is 5.69 Å². The second kappa shape index (κ2) is 3.97. The maximum absolute atomic E-state index is 11.5. The molecule has 1 amide bonds. The number of aromatic nitrogens is 3. The van der Waals surface area contributed by atoms with E-state index in [1.165, 1.54) is 31.8 Å². The Balaban J connectivity index is 2.87. The largest absolute Gasteiger partial charge is 0.284 e. The van der Waals surface area contributed by atoms with Crippen molar-refractivity contribution in [3.8, 4) is 0 Å². The number of nitrogens with one attached hydrogen (secondary N) is 1. The molecule has 0 atom stereocenters. The van der Waals surface area contributed by atoms with Gasteiger partial charge in [-0.2, -0.15) is 0 Å². The summed E-state index contributed by atoms with van der Waals surface area (Å²) in [4.78, 5) is 11.5. The van der Waals surface area contributed by atoms with Gasteiger partial charge in [-0.3, -0.25) is 4.79 Å². The summed E-state index contributed by atoms with van der Waals surface area (Å²) >= 11 is 0. The summed E-state index contributed by atoms with van der Waals surface area (Å²) in [5, 5.41) is 6.33. The Labute approximate surface area is 87.5 Å². The van der Waals surface area contributed by atoms with Crippen LogP contribution in [0, 0.1) is 0 Å². The molecule has 1 rings (SSSR count). The zero-order valence-electron chi connectivity index (χ0n) is 8.63. The maximum atomic E-state index is 11.5. The number of nitrogens with zero attached hydrogens (tertiary/aromatic N) is 3. The van der Waals surface area contributed by atoms with E-state index in [-0.39, 0.29) is 5.69 Å². The molecule has 1 aromatic rings. The van der Waals surface area contributed by atoms with Gasteiger partial charge in [0, 0.05) is 7.05 Å². The lowest BCUT2D eigenvalue weighted by molar-refractivity contribution is 0.0972. The number of hydrogen-bond donors (Lipinski definition) is 1. The molecule has 1 heterocycles. The van der Waals surface area contributed by atoms with Crippen molar-refractivity contribution in [3.05, 3.63) is 11.9 Å². The third kappa shape index (κ3) is 2.52. The fraction of sp³-hybridized carbons (Fsp3) is 0.571. The van der Waals surface area contributed by atoms with E-state index >= 15 is 0 Å². The van der Waals surface area contributed by atoms with Crippen LogP contribution in [0.3, 0.4) is 0 Å². The van der Waals surface area contributed by atoms with Gasteiger partial charge in [-0.25, -0.2) is 17.8 Å². The van der Waals surface area contributed by atoms with Crippen molar-refractivity contribution in [3.63, 3.8) is 0 Å². The highest BCUT2D eigenvalue weighted by atomic mass is 32.2. The van der Waals surface area contributed by atoms with Crippen LogP contribution in [0.2, 0.25) is 0 Å². The minimum absolute atomic E-state index is 0.0965. The van der Waals surface area contributed by atoms with Crippen molar-refractivity contribution in [2.75, 3.05) is 0 Å². The molecule has 7 nitrogen and oxygen atoms in total. The van der Waals surface area contributed by atoms with E-state index in [4.69, 9.17) is 0 Å². The minimum Gasteiger partial charge on any atom is -0.266 e. The molecule has 84 valence electrons. The first-order valence-electron chi connectivity index (χ1n) is 4.25. The van der Waals surface area contributed by atoms with E-state index in [2.05, 4.69) is 10.3 Å². The van der Waals surface area contributed by atoms with E-state index in [1.807, 2.05) is 4.72 Å². The molecule has 0 unspecified atom stereocenters. The van der Waals surface area contributed by atoms with E-state index in [0.717, 1.165) is 0 Å². The van der Waals surface area contributed by atoms with Crippen LogP contribution in [0.4, 0.5) is 0 Å².